The number of aliphatic carboxylic acids is 1. The molecule has 35 heavy (non-hydrogen) atoms. The van der Waals surface area contributed by atoms with Gasteiger partial charge in [-0.3, -0.25) is 15.1 Å². The van der Waals surface area contributed by atoms with Crippen LogP contribution in [-0.4, -0.2) is 54.8 Å². The maximum absolute atomic E-state index is 12.1. The molecule has 2 aromatic carbocycles. The van der Waals surface area contributed by atoms with Crippen molar-refractivity contribution in [3.63, 3.8) is 0 Å². The summed E-state index contributed by atoms with van der Waals surface area (Å²) in [7, 11) is 0. The Balaban J connectivity index is 1.36. The number of guanidine groups is 1. The topological polar surface area (TPSA) is 138 Å². The Kier molecular flexibility index (Phi) is 9.91. The second-order valence-corrected chi connectivity index (χ2v) is 7.94. The second kappa shape index (κ2) is 13.6. The summed E-state index contributed by atoms with van der Waals surface area (Å²) < 4.78 is 10.7. The van der Waals surface area contributed by atoms with Crippen molar-refractivity contribution < 1.29 is 29.0 Å². The molecule has 10 nitrogen and oxygen atoms in total. The maximum Gasteiger partial charge on any atom is 0.408 e. The van der Waals surface area contributed by atoms with Crippen molar-refractivity contribution in [3.8, 4) is 5.75 Å². The summed E-state index contributed by atoms with van der Waals surface area (Å²) in [6, 6.07) is 15.2. The van der Waals surface area contributed by atoms with Crippen molar-refractivity contribution in [2.45, 2.75) is 38.3 Å². The summed E-state index contributed by atoms with van der Waals surface area (Å²) in [5, 5.41) is 17.5. The number of carboxylic acid groups (broad SMARTS) is 1. The lowest BCUT2D eigenvalue weighted by molar-refractivity contribution is -0.139. The number of nitrogens with zero attached hydrogens (tertiary/aromatic N) is 1. The molecular formula is C25H30N4O6. The van der Waals surface area contributed by atoms with Crippen LogP contribution in [0.15, 0.2) is 59.6 Å². The van der Waals surface area contributed by atoms with E-state index < -0.39 is 18.1 Å². The van der Waals surface area contributed by atoms with E-state index in [1.807, 2.05) is 30.3 Å². The number of ether oxygens (including phenoxy) is 2. The average molecular weight is 483 g/mol. The second-order valence-electron chi connectivity index (χ2n) is 7.94. The van der Waals surface area contributed by atoms with Gasteiger partial charge in [0.05, 0.1) is 6.61 Å². The zero-order chi connectivity index (χ0) is 24.9. The Morgan fingerprint density at radius 1 is 1.06 bits per heavy atom. The Hall–Kier alpha value is -4.08. The molecule has 0 aliphatic carbocycles. The van der Waals surface area contributed by atoms with E-state index in [1.54, 1.807) is 24.3 Å². The molecule has 2 amide bonds. The van der Waals surface area contributed by atoms with Gasteiger partial charge in [0.2, 0.25) is 5.91 Å². The van der Waals surface area contributed by atoms with Gasteiger partial charge in [-0.05, 0) is 36.1 Å². The molecule has 0 saturated carbocycles. The monoisotopic (exact) mass is 482 g/mol. The molecular weight excluding hydrogens is 452 g/mol. The minimum Gasteiger partial charge on any atom is -0.494 e. The van der Waals surface area contributed by atoms with Crippen LogP contribution in [0.5, 0.6) is 5.75 Å². The molecule has 0 spiro atoms. The van der Waals surface area contributed by atoms with E-state index in [0.29, 0.717) is 31.1 Å². The first-order chi connectivity index (χ1) is 17.0. The van der Waals surface area contributed by atoms with E-state index in [9.17, 15) is 19.5 Å². The van der Waals surface area contributed by atoms with Gasteiger partial charge in [-0.2, -0.15) is 0 Å². The van der Waals surface area contributed by atoms with Crippen molar-refractivity contribution in [2.24, 2.45) is 4.99 Å². The van der Waals surface area contributed by atoms with Crippen LogP contribution in [0.25, 0.3) is 0 Å². The molecule has 4 N–H and O–H groups in total. The molecule has 1 aliphatic rings. The van der Waals surface area contributed by atoms with Gasteiger partial charge in [-0.1, -0.05) is 42.5 Å². The number of carboxylic acids is 1. The van der Waals surface area contributed by atoms with Crippen LogP contribution in [0.4, 0.5) is 4.79 Å². The maximum atomic E-state index is 12.1. The normalized spacial score (nSPS) is 13.5. The van der Waals surface area contributed by atoms with E-state index >= 15 is 0 Å². The lowest BCUT2D eigenvalue weighted by atomic mass is 10.1. The molecule has 1 aliphatic heterocycles. The number of hydrogen-bond acceptors (Lipinski definition) is 7. The molecule has 0 bridgehead atoms. The largest absolute Gasteiger partial charge is 0.494 e. The molecule has 2 aromatic rings. The number of hydrogen-bond donors (Lipinski definition) is 4. The molecule has 186 valence electrons. The molecule has 1 unspecified atom stereocenters. The van der Waals surface area contributed by atoms with Gasteiger partial charge in [-0.15, -0.1) is 0 Å². The zero-order valence-electron chi connectivity index (χ0n) is 19.4. The van der Waals surface area contributed by atoms with Gasteiger partial charge in [0.15, 0.2) is 5.96 Å². The van der Waals surface area contributed by atoms with Crippen LogP contribution >= 0.6 is 0 Å². The van der Waals surface area contributed by atoms with E-state index in [4.69, 9.17) is 9.47 Å². The minimum absolute atomic E-state index is 0.0508. The molecule has 0 fully saturated rings. The average Bonchev–Trinajstić information content (AvgIpc) is 2.87. The summed E-state index contributed by atoms with van der Waals surface area (Å²) >= 11 is 0. The van der Waals surface area contributed by atoms with Crippen LogP contribution in [0, 0.1) is 0 Å². The van der Waals surface area contributed by atoms with Crippen LogP contribution < -0.4 is 20.7 Å². The molecule has 0 radical (unpaired) electrons. The number of carbonyl (C=O) groups is 3. The number of benzene rings is 2. The highest BCUT2D eigenvalue weighted by Gasteiger charge is 2.21. The van der Waals surface area contributed by atoms with Crippen molar-refractivity contribution in [3.05, 3.63) is 65.7 Å². The van der Waals surface area contributed by atoms with Crippen LogP contribution in [0.1, 0.15) is 30.4 Å². The first-order valence-corrected chi connectivity index (χ1v) is 11.5. The van der Waals surface area contributed by atoms with E-state index in [0.717, 1.165) is 24.1 Å². The molecule has 0 saturated heterocycles. The van der Waals surface area contributed by atoms with Gasteiger partial charge in [0, 0.05) is 25.9 Å². The highest BCUT2D eigenvalue weighted by Crippen LogP contribution is 2.14. The van der Waals surface area contributed by atoms with Crippen molar-refractivity contribution in [1.82, 2.24) is 16.0 Å². The Bertz CT molecular complexity index is 1010. The summed E-state index contributed by atoms with van der Waals surface area (Å²) in [6.07, 6.45) is 1.11. The van der Waals surface area contributed by atoms with Crippen molar-refractivity contribution in [2.75, 3.05) is 19.7 Å². The Morgan fingerprint density at radius 2 is 1.83 bits per heavy atom. The Labute approximate surface area is 203 Å². The molecule has 10 heteroatoms. The quantitative estimate of drug-likeness (QED) is 0.385. The van der Waals surface area contributed by atoms with E-state index in [-0.39, 0.29) is 25.5 Å². The predicted octanol–water partition coefficient (Wildman–Crippen LogP) is 2.23. The number of nitrogens with one attached hydrogen (secondary N) is 3. The first-order valence-electron chi connectivity index (χ1n) is 11.5. The molecule has 1 heterocycles. The minimum atomic E-state index is -1.17. The van der Waals surface area contributed by atoms with Gasteiger partial charge in [0.25, 0.3) is 0 Å². The number of aliphatic imine (C=N–C) groups is 1. The van der Waals surface area contributed by atoms with Crippen LogP contribution in [0.2, 0.25) is 0 Å². The van der Waals surface area contributed by atoms with Gasteiger partial charge in [-0.25, -0.2) is 9.59 Å². The number of rotatable bonds is 11. The van der Waals surface area contributed by atoms with Crippen LogP contribution in [0.3, 0.4) is 0 Å². The van der Waals surface area contributed by atoms with Crippen molar-refractivity contribution in [1.29, 1.82) is 0 Å². The standard InChI is InChI=1S/C25H30N4O6/c30-22(29-24-26-14-4-15-27-24)12-9-18-7-10-20(11-8-18)34-16-13-21(23(31)32)28-25(33)35-17-19-5-2-1-3-6-19/h1-3,5-8,10-11,21H,4,9,12-17H2,(H,28,33)(H,31,32)(H2,26,27,29,30). The van der Waals surface area contributed by atoms with Crippen molar-refractivity contribution >= 4 is 23.9 Å². The number of amides is 2. The first kappa shape index (κ1) is 25.5. The molecule has 1 atom stereocenters. The predicted molar refractivity (Wildman–Crippen MR) is 129 cm³/mol. The number of carbonyl (C=O) groups excluding carboxylic acids is 2. The number of alkyl carbamates (subject to hydrolysis) is 1. The smallest absolute Gasteiger partial charge is 0.408 e. The van der Waals surface area contributed by atoms with Gasteiger partial charge >= 0.3 is 12.1 Å². The highest BCUT2D eigenvalue weighted by molar-refractivity contribution is 5.97. The lowest BCUT2D eigenvalue weighted by Crippen LogP contribution is -2.43. The fourth-order valence-electron chi connectivity index (χ4n) is 3.28. The fourth-order valence-corrected chi connectivity index (χ4v) is 3.28. The van der Waals surface area contributed by atoms with Gasteiger partial charge < -0.3 is 25.2 Å². The third kappa shape index (κ3) is 9.36. The zero-order valence-corrected chi connectivity index (χ0v) is 19.4. The molecule has 3 rings (SSSR count). The Morgan fingerprint density at radius 3 is 2.51 bits per heavy atom. The van der Waals surface area contributed by atoms with E-state index in [1.165, 1.54) is 0 Å². The lowest BCUT2D eigenvalue weighted by Gasteiger charge is -2.15. The summed E-state index contributed by atoms with van der Waals surface area (Å²) in [4.78, 5) is 39.7. The summed E-state index contributed by atoms with van der Waals surface area (Å²) in [5.74, 6) is -0.181. The fraction of sp³-hybridized carbons (Fsp3) is 0.360. The summed E-state index contributed by atoms with van der Waals surface area (Å²) in [6.45, 7) is 1.66. The third-order valence-corrected chi connectivity index (χ3v) is 5.20. The SMILES string of the molecule is O=C(CCc1ccc(OCCC(NC(=O)OCc2ccccc2)C(=O)O)cc1)NC1=NCCCN1. The number of aryl methyl sites for hydroxylation is 1. The van der Waals surface area contributed by atoms with Crippen LogP contribution in [-0.2, 0) is 27.4 Å². The summed E-state index contributed by atoms with van der Waals surface area (Å²) in [5.41, 5.74) is 1.77. The third-order valence-electron chi connectivity index (χ3n) is 5.20. The van der Waals surface area contributed by atoms with E-state index in [2.05, 4.69) is 20.9 Å². The molecule has 0 aromatic heterocycles. The van der Waals surface area contributed by atoms with Gasteiger partial charge in [0.1, 0.15) is 18.4 Å². The highest BCUT2D eigenvalue weighted by atomic mass is 16.5.